The van der Waals surface area contributed by atoms with Crippen LogP contribution in [0.3, 0.4) is 0 Å². The Labute approximate surface area is 223 Å². The summed E-state index contributed by atoms with van der Waals surface area (Å²) in [5, 5.41) is 0. The van der Waals surface area contributed by atoms with Crippen LogP contribution in [0, 0.1) is 24.6 Å². The van der Waals surface area contributed by atoms with E-state index < -0.39 is 0 Å². The van der Waals surface area contributed by atoms with E-state index in [0.717, 1.165) is 29.0 Å². The molecule has 0 saturated carbocycles. The summed E-state index contributed by atoms with van der Waals surface area (Å²) >= 11 is 0. The van der Waals surface area contributed by atoms with Gasteiger partial charge in [-0.3, -0.25) is 24.5 Å². The summed E-state index contributed by atoms with van der Waals surface area (Å²) < 4.78 is 20.0. The van der Waals surface area contributed by atoms with E-state index in [1.807, 2.05) is 24.0 Å². The van der Waals surface area contributed by atoms with Gasteiger partial charge in [-0.1, -0.05) is 6.07 Å². The molecule has 0 bridgehead atoms. The van der Waals surface area contributed by atoms with Crippen LogP contribution in [0.2, 0.25) is 0 Å². The second-order valence-electron chi connectivity index (χ2n) is 10.7. The van der Waals surface area contributed by atoms with Gasteiger partial charge in [0.05, 0.1) is 19.4 Å². The average Bonchev–Trinajstić information content (AvgIpc) is 3.33. The van der Waals surface area contributed by atoms with Gasteiger partial charge in [-0.2, -0.15) is 0 Å². The maximum atomic E-state index is 14.6. The van der Waals surface area contributed by atoms with Crippen LogP contribution in [0.4, 0.5) is 4.39 Å². The van der Waals surface area contributed by atoms with E-state index in [0.29, 0.717) is 63.4 Å². The molecule has 7 nitrogen and oxygen atoms in total. The largest absolute Gasteiger partial charge is 0.496 e. The molecule has 0 radical (unpaired) electrons. The summed E-state index contributed by atoms with van der Waals surface area (Å²) in [5.41, 5.74) is 5.93. The van der Waals surface area contributed by atoms with Crippen molar-refractivity contribution in [3.63, 3.8) is 0 Å². The van der Waals surface area contributed by atoms with Crippen molar-refractivity contribution < 1.29 is 18.7 Å². The number of aliphatic imine (C=N–C) groups is 1. The Morgan fingerprint density at radius 3 is 2.82 bits per heavy atom. The number of pyridine rings is 1. The smallest absolute Gasteiger partial charge is 0.223 e. The zero-order chi connectivity index (χ0) is 26.8. The highest BCUT2D eigenvalue weighted by Crippen LogP contribution is 2.32. The lowest BCUT2D eigenvalue weighted by molar-refractivity contribution is -0.133. The third-order valence-electron chi connectivity index (χ3n) is 8.02. The third-order valence-corrected chi connectivity index (χ3v) is 8.02. The van der Waals surface area contributed by atoms with Gasteiger partial charge >= 0.3 is 0 Å². The number of piperidine rings is 1. The standard InChI is InChI=1S/C30H35FN4O3/c1-19-11-22(7-9-32-19)30-25-18-35(10-8-23(25)14-33-30)29(37)13-21-12-24(20(2)36)16-34(15-21)17-26-27(31)5-4-6-28(26)38-3/h4-7,9,11,21,24H,8,10,12-18H2,1-3H3/t21-,24?/m0/s1. The van der Waals surface area contributed by atoms with E-state index in [9.17, 15) is 14.0 Å². The van der Waals surface area contributed by atoms with Crippen LogP contribution in [0.5, 0.6) is 5.75 Å². The molecule has 1 aromatic carbocycles. The first kappa shape index (κ1) is 26.2. The number of hydrogen-bond donors (Lipinski definition) is 0. The maximum Gasteiger partial charge on any atom is 0.223 e. The number of nitrogens with zero attached hydrogens (tertiary/aromatic N) is 4. The number of ketones is 1. The molecule has 1 amide bonds. The number of carbonyl (C=O) groups excluding carboxylic acids is 2. The molecule has 1 unspecified atom stereocenters. The van der Waals surface area contributed by atoms with Gasteiger partial charge in [0.1, 0.15) is 17.3 Å². The molecule has 0 aliphatic carbocycles. The minimum absolute atomic E-state index is 0.0258. The number of ether oxygens (including phenoxy) is 1. The van der Waals surface area contributed by atoms with Crippen molar-refractivity contribution in [2.75, 3.05) is 39.8 Å². The van der Waals surface area contributed by atoms with Crippen molar-refractivity contribution in [3.05, 3.63) is 70.3 Å². The molecule has 200 valence electrons. The Hall–Kier alpha value is -3.39. The number of benzene rings is 1. The molecule has 1 aromatic heterocycles. The summed E-state index contributed by atoms with van der Waals surface area (Å²) in [4.78, 5) is 39.0. The molecular weight excluding hydrogens is 483 g/mol. The van der Waals surface area contributed by atoms with Crippen molar-refractivity contribution in [1.82, 2.24) is 14.8 Å². The van der Waals surface area contributed by atoms with E-state index in [4.69, 9.17) is 9.73 Å². The second-order valence-corrected chi connectivity index (χ2v) is 10.7. The highest BCUT2D eigenvalue weighted by atomic mass is 19.1. The number of carbonyl (C=O) groups is 2. The number of likely N-dealkylation sites (tertiary alicyclic amines) is 1. The first-order chi connectivity index (χ1) is 18.3. The van der Waals surface area contributed by atoms with Crippen molar-refractivity contribution >= 4 is 17.4 Å². The summed E-state index contributed by atoms with van der Waals surface area (Å²) in [6.07, 6.45) is 3.68. The fraction of sp³-hybridized carbons (Fsp3) is 0.467. The molecular formula is C30H35FN4O3. The predicted octanol–water partition coefficient (Wildman–Crippen LogP) is 3.99. The van der Waals surface area contributed by atoms with E-state index >= 15 is 0 Å². The number of halogens is 1. The fourth-order valence-corrected chi connectivity index (χ4v) is 6.02. The molecule has 3 aliphatic rings. The molecule has 4 heterocycles. The zero-order valence-electron chi connectivity index (χ0n) is 22.4. The SMILES string of the molecule is COc1cccc(F)c1CN1CC(C(C)=O)C[C@@H](CC(=O)N2CCC3=C(C2)C(c2ccnc(C)c2)=NC3)C1. The van der Waals surface area contributed by atoms with Crippen LogP contribution in [0.1, 0.15) is 43.0 Å². The Kier molecular flexibility index (Phi) is 7.70. The van der Waals surface area contributed by atoms with Crippen LogP contribution in [0.15, 0.2) is 52.7 Å². The van der Waals surface area contributed by atoms with Crippen molar-refractivity contribution in [2.45, 2.75) is 39.7 Å². The first-order valence-corrected chi connectivity index (χ1v) is 13.3. The lowest BCUT2D eigenvalue weighted by Crippen LogP contribution is -2.45. The number of Topliss-reactive ketones (excluding diaryl/α,β-unsaturated/α-hetero) is 1. The normalized spacial score (nSPS) is 21.8. The number of methoxy groups -OCH3 is 1. The molecule has 1 fully saturated rings. The summed E-state index contributed by atoms with van der Waals surface area (Å²) in [7, 11) is 1.53. The zero-order valence-corrected chi connectivity index (χ0v) is 22.4. The van der Waals surface area contributed by atoms with Gasteiger partial charge in [-0.15, -0.1) is 0 Å². The predicted molar refractivity (Wildman–Crippen MR) is 144 cm³/mol. The quantitative estimate of drug-likeness (QED) is 0.554. The van der Waals surface area contributed by atoms with Crippen molar-refractivity contribution in [3.8, 4) is 5.75 Å². The molecule has 2 atom stereocenters. The Bertz CT molecular complexity index is 1300. The Balaban J connectivity index is 1.27. The minimum atomic E-state index is -0.322. The molecule has 0 N–H and O–H groups in total. The van der Waals surface area contributed by atoms with Gasteiger partial charge in [-0.05, 0) is 68.0 Å². The summed E-state index contributed by atoms with van der Waals surface area (Å²) in [6.45, 7) is 7.07. The van der Waals surface area contributed by atoms with Gasteiger partial charge in [0.2, 0.25) is 5.91 Å². The maximum absolute atomic E-state index is 14.6. The Morgan fingerprint density at radius 2 is 2.05 bits per heavy atom. The molecule has 0 spiro atoms. The van der Waals surface area contributed by atoms with E-state index in [1.54, 1.807) is 25.3 Å². The average molecular weight is 519 g/mol. The summed E-state index contributed by atoms with van der Waals surface area (Å²) in [5.74, 6) is 0.249. The van der Waals surface area contributed by atoms with Gasteiger partial charge in [0.25, 0.3) is 0 Å². The van der Waals surface area contributed by atoms with Crippen LogP contribution >= 0.6 is 0 Å². The number of hydrogen-bond acceptors (Lipinski definition) is 6. The molecule has 8 heteroatoms. The molecule has 2 aromatic rings. The van der Waals surface area contributed by atoms with E-state index in [-0.39, 0.29) is 29.3 Å². The van der Waals surface area contributed by atoms with Crippen molar-refractivity contribution in [1.29, 1.82) is 0 Å². The lowest BCUT2D eigenvalue weighted by Gasteiger charge is -2.38. The molecule has 38 heavy (non-hydrogen) atoms. The van der Waals surface area contributed by atoms with Crippen LogP contribution < -0.4 is 4.74 Å². The van der Waals surface area contributed by atoms with Gasteiger partial charge in [0.15, 0.2) is 0 Å². The van der Waals surface area contributed by atoms with Crippen LogP contribution in [0.25, 0.3) is 0 Å². The van der Waals surface area contributed by atoms with Crippen LogP contribution in [-0.4, -0.2) is 72.0 Å². The number of amides is 1. The van der Waals surface area contributed by atoms with Crippen LogP contribution in [-0.2, 0) is 16.1 Å². The summed E-state index contributed by atoms with van der Waals surface area (Å²) in [6, 6.07) is 8.82. The highest BCUT2D eigenvalue weighted by molar-refractivity contribution is 6.15. The highest BCUT2D eigenvalue weighted by Gasteiger charge is 2.34. The molecule has 5 rings (SSSR count). The van der Waals surface area contributed by atoms with Crippen molar-refractivity contribution in [2.24, 2.45) is 16.8 Å². The number of aryl methyl sites for hydroxylation is 1. The monoisotopic (exact) mass is 518 g/mol. The first-order valence-electron chi connectivity index (χ1n) is 13.3. The number of rotatable bonds is 7. The number of aromatic nitrogens is 1. The second kappa shape index (κ2) is 11.2. The van der Waals surface area contributed by atoms with Gasteiger partial charge in [-0.25, -0.2) is 4.39 Å². The third kappa shape index (κ3) is 5.55. The van der Waals surface area contributed by atoms with Gasteiger partial charge < -0.3 is 9.64 Å². The van der Waals surface area contributed by atoms with Gasteiger partial charge in [0, 0.05) is 68.1 Å². The molecule has 3 aliphatic heterocycles. The fourth-order valence-electron chi connectivity index (χ4n) is 6.02. The molecule has 1 saturated heterocycles. The minimum Gasteiger partial charge on any atom is -0.496 e. The lowest BCUT2D eigenvalue weighted by atomic mass is 9.84. The van der Waals surface area contributed by atoms with E-state index in [1.165, 1.54) is 18.7 Å². The topological polar surface area (TPSA) is 75.1 Å². The van der Waals surface area contributed by atoms with E-state index in [2.05, 4.69) is 9.88 Å². The Morgan fingerprint density at radius 1 is 1.21 bits per heavy atom.